The fraction of sp³-hybridized carbons (Fsp3) is 0.167. The minimum Gasteiger partial charge on any atom is -0.495 e. The molecule has 3 aromatic rings. The van der Waals surface area contributed by atoms with E-state index in [-0.39, 0.29) is 27.6 Å². The van der Waals surface area contributed by atoms with Crippen LogP contribution in [0.25, 0.3) is 0 Å². The first kappa shape index (κ1) is 24.7. The number of nitrogens with zero attached hydrogens (tertiary/aromatic N) is 1. The molecule has 0 aliphatic rings. The van der Waals surface area contributed by atoms with Crippen LogP contribution in [0.3, 0.4) is 0 Å². The van der Waals surface area contributed by atoms with E-state index in [1.54, 1.807) is 42.5 Å². The summed E-state index contributed by atoms with van der Waals surface area (Å²) in [5, 5.41) is 2.52. The molecule has 0 aliphatic heterocycles. The topological polar surface area (TPSA) is 111 Å². The molecule has 0 saturated carbocycles. The smallest absolute Gasteiger partial charge is 0.342 e. The van der Waals surface area contributed by atoms with E-state index in [4.69, 9.17) is 14.2 Å². The summed E-state index contributed by atoms with van der Waals surface area (Å²) in [4.78, 5) is 25.0. The number of para-hydroxylation sites is 2. The van der Waals surface area contributed by atoms with Crippen LogP contribution in [0, 0.1) is 0 Å². The second-order valence-corrected chi connectivity index (χ2v) is 9.34. The van der Waals surface area contributed by atoms with Crippen LogP contribution in [0.1, 0.15) is 10.4 Å². The van der Waals surface area contributed by atoms with Crippen molar-refractivity contribution in [3.05, 3.63) is 78.4 Å². The standard InChI is InChI=1S/C24H24N2O7S/c1-26(2)34(29,30)18-13-14-22(31-3)20(15-18)25-23(27)16-32-24(28)19-11-7-8-12-21(19)33-17-9-5-4-6-10-17/h4-15H,16H2,1-3H3,(H,25,27). The van der Waals surface area contributed by atoms with Gasteiger partial charge in [-0.2, -0.15) is 0 Å². The number of esters is 1. The normalized spacial score (nSPS) is 11.1. The van der Waals surface area contributed by atoms with E-state index >= 15 is 0 Å². The van der Waals surface area contributed by atoms with E-state index in [2.05, 4.69) is 5.32 Å². The fourth-order valence-electron chi connectivity index (χ4n) is 2.89. The van der Waals surface area contributed by atoms with Crippen LogP contribution in [-0.2, 0) is 19.6 Å². The van der Waals surface area contributed by atoms with Crippen LogP contribution >= 0.6 is 0 Å². The van der Waals surface area contributed by atoms with E-state index in [1.165, 1.54) is 45.5 Å². The van der Waals surface area contributed by atoms with Gasteiger partial charge < -0.3 is 19.5 Å². The van der Waals surface area contributed by atoms with Gasteiger partial charge in [-0.15, -0.1) is 0 Å². The molecule has 0 bridgehead atoms. The first-order valence-corrected chi connectivity index (χ1v) is 11.6. The number of benzene rings is 3. The number of hydrogen-bond donors (Lipinski definition) is 1. The molecule has 0 radical (unpaired) electrons. The number of amides is 1. The molecule has 0 spiro atoms. The molecule has 34 heavy (non-hydrogen) atoms. The summed E-state index contributed by atoms with van der Waals surface area (Å²) in [5.74, 6) is -0.355. The van der Waals surface area contributed by atoms with Crippen molar-refractivity contribution < 1.29 is 32.2 Å². The number of rotatable bonds is 9. The lowest BCUT2D eigenvalue weighted by molar-refractivity contribution is -0.119. The van der Waals surface area contributed by atoms with Gasteiger partial charge in [0.15, 0.2) is 6.61 Å². The average Bonchev–Trinajstić information content (AvgIpc) is 2.83. The summed E-state index contributed by atoms with van der Waals surface area (Å²) in [6.45, 7) is -0.605. The summed E-state index contributed by atoms with van der Waals surface area (Å²) >= 11 is 0. The lowest BCUT2D eigenvalue weighted by Crippen LogP contribution is -2.23. The van der Waals surface area contributed by atoms with Gasteiger partial charge in [0.1, 0.15) is 22.8 Å². The second kappa shape index (κ2) is 10.8. The van der Waals surface area contributed by atoms with Crippen LogP contribution in [0.5, 0.6) is 17.2 Å². The van der Waals surface area contributed by atoms with Crippen molar-refractivity contribution in [1.82, 2.24) is 4.31 Å². The molecule has 1 amide bonds. The number of nitrogens with one attached hydrogen (secondary N) is 1. The van der Waals surface area contributed by atoms with Crippen molar-refractivity contribution in [2.24, 2.45) is 0 Å². The SMILES string of the molecule is COc1ccc(S(=O)(=O)N(C)C)cc1NC(=O)COC(=O)c1ccccc1Oc1ccccc1. The minimum absolute atomic E-state index is 0.0300. The first-order chi connectivity index (χ1) is 16.2. The van der Waals surface area contributed by atoms with Gasteiger partial charge in [0.2, 0.25) is 10.0 Å². The molecule has 10 heteroatoms. The Hall–Kier alpha value is -3.89. The third-order valence-electron chi connectivity index (χ3n) is 4.64. The van der Waals surface area contributed by atoms with Gasteiger partial charge >= 0.3 is 5.97 Å². The van der Waals surface area contributed by atoms with Gasteiger partial charge in [0.05, 0.1) is 17.7 Å². The van der Waals surface area contributed by atoms with Crippen LogP contribution in [0.4, 0.5) is 5.69 Å². The maximum absolute atomic E-state index is 12.6. The number of sulfonamides is 1. The molecule has 0 unspecified atom stereocenters. The number of anilines is 1. The molecule has 0 atom stereocenters. The van der Waals surface area contributed by atoms with E-state index in [1.807, 2.05) is 6.07 Å². The zero-order valence-electron chi connectivity index (χ0n) is 18.8. The molecule has 0 heterocycles. The largest absolute Gasteiger partial charge is 0.495 e. The molecular weight excluding hydrogens is 460 g/mol. The molecular formula is C24H24N2O7S. The summed E-state index contributed by atoms with van der Waals surface area (Å²) < 4.78 is 41.9. The zero-order chi connectivity index (χ0) is 24.7. The number of ether oxygens (including phenoxy) is 3. The number of carbonyl (C=O) groups is 2. The summed E-state index contributed by atoms with van der Waals surface area (Å²) in [7, 11) is 0.457. The zero-order valence-corrected chi connectivity index (χ0v) is 19.7. The van der Waals surface area contributed by atoms with E-state index in [0.717, 1.165) is 4.31 Å². The third kappa shape index (κ3) is 5.91. The monoisotopic (exact) mass is 484 g/mol. The van der Waals surface area contributed by atoms with Crippen molar-refractivity contribution in [2.75, 3.05) is 33.1 Å². The molecule has 3 aromatic carbocycles. The molecule has 0 saturated heterocycles. The third-order valence-corrected chi connectivity index (χ3v) is 6.45. The summed E-state index contributed by atoms with van der Waals surface area (Å²) in [6, 6.07) is 19.5. The molecule has 9 nitrogen and oxygen atoms in total. The summed E-state index contributed by atoms with van der Waals surface area (Å²) in [5.41, 5.74) is 0.273. The number of methoxy groups -OCH3 is 1. The van der Waals surface area contributed by atoms with Gasteiger partial charge in [-0.05, 0) is 42.5 Å². The molecule has 3 rings (SSSR count). The number of carbonyl (C=O) groups excluding carboxylic acids is 2. The Bertz CT molecular complexity index is 1280. The lowest BCUT2D eigenvalue weighted by Gasteiger charge is -2.15. The predicted octanol–water partition coefficient (Wildman–Crippen LogP) is 3.53. The number of hydrogen-bond acceptors (Lipinski definition) is 7. The predicted molar refractivity (Wildman–Crippen MR) is 126 cm³/mol. The Balaban J connectivity index is 1.70. The highest BCUT2D eigenvalue weighted by atomic mass is 32.2. The Morgan fingerprint density at radius 3 is 2.26 bits per heavy atom. The molecule has 1 N–H and O–H groups in total. The van der Waals surface area contributed by atoms with Gasteiger partial charge in [-0.3, -0.25) is 4.79 Å². The van der Waals surface area contributed by atoms with E-state index in [0.29, 0.717) is 5.75 Å². The van der Waals surface area contributed by atoms with E-state index < -0.39 is 28.5 Å². The lowest BCUT2D eigenvalue weighted by atomic mass is 10.2. The van der Waals surface area contributed by atoms with Crippen LogP contribution in [0.15, 0.2) is 77.7 Å². The summed E-state index contributed by atoms with van der Waals surface area (Å²) in [6.07, 6.45) is 0. The highest BCUT2D eigenvalue weighted by molar-refractivity contribution is 7.89. The van der Waals surface area contributed by atoms with Crippen molar-refractivity contribution >= 4 is 27.6 Å². The quantitative estimate of drug-likeness (QED) is 0.463. The Morgan fingerprint density at radius 2 is 1.59 bits per heavy atom. The molecule has 0 fully saturated rings. The van der Waals surface area contributed by atoms with Crippen LogP contribution in [-0.4, -0.2) is 52.4 Å². The van der Waals surface area contributed by atoms with Crippen molar-refractivity contribution in [3.8, 4) is 17.2 Å². The van der Waals surface area contributed by atoms with Crippen molar-refractivity contribution in [2.45, 2.75) is 4.90 Å². The fourth-order valence-corrected chi connectivity index (χ4v) is 3.82. The minimum atomic E-state index is -3.73. The maximum Gasteiger partial charge on any atom is 0.342 e. The average molecular weight is 485 g/mol. The Kier molecular flexibility index (Phi) is 7.87. The Morgan fingerprint density at radius 1 is 0.912 bits per heavy atom. The Labute approximate surface area is 197 Å². The van der Waals surface area contributed by atoms with Gasteiger partial charge in [0, 0.05) is 14.1 Å². The maximum atomic E-state index is 12.6. The van der Waals surface area contributed by atoms with Gasteiger partial charge in [-0.25, -0.2) is 17.5 Å². The van der Waals surface area contributed by atoms with Gasteiger partial charge in [0.25, 0.3) is 5.91 Å². The van der Waals surface area contributed by atoms with Crippen molar-refractivity contribution in [1.29, 1.82) is 0 Å². The molecule has 0 aromatic heterocycles. The van der Waals surface area contributed by atoms with Crippen LogP contribution in [0.2, 0.25) is 0 Å². The van der Waals surface area contributed by atoms with Gasteiger partial charge in [-0.1, -0.05) is 30.3 Å². The molecule has 0 aliphatic carbocycles. The molecule has 178 valence electrons. The van der Waals surface area contributed by atoms with E-state index in [9.17, 15) is 18.0 Å². The second-order valence-electron chi connectivity index (χ2n) is 7.19. The van der Waals surface area contributed by atoms with Crippen LogP contribution < -0.4 is 14.8 Å². The van der Waals surface area contributed by atoms with Crippen molar-refractivity contribution in [3.63, 3.8) is 0 Å². The first-order valence-electron chi connectivity index (χ1n) is 10.1. The highest BCUT2D eigenvalue weighted by Crippen LogP contribution is 2.29. The highest BCUT2D eigenvalue weighted by Gasteiger charge is 2.21.